The highest BCUT2D eigenvalue weighted by Crippen LogP contribution is 2.45. The predicted molar refractivity (Wildman–Crippen MR) is 103 cm³/mol. The fourth-order valence-electron chi connectivity index (χ4n) is 2.48. The van der Waals surface area contributed by atoms with Crippen molar-refractivity contribution in [2.45, 2.75) is 38.9 Å². The molecule has 2 N–H and O–H groups in total. The third-order valence-electron chi connectivity index (χ3n) is 4.33. The van der Waals surface area contributed by atoms with Crippen molar-refractivity contribution in [3.05, 3.63) is 0 Å². The summed E-state index contributed by atoms with van der Waals surface area (Å²) in [6, 6.07) is 0. The zero-order chi connectivity index (χ0) is 14.6. The van der Waals surface area contributed by atoms with Crippen LogP contribution in [0.3, 0.4) is 0 Å². The number of guanidine groups is 1. The minimum atomic E-state index is 0. The zero-order valence-corrected chi connectivity index (χ0v) is 16.6. The lowest BCUT2D eigenvalue weighted by atomic mass is 10.1. The molecule has 0 bridgehead atoms. The molecule has 0 amide bonds. The van der Waals surface area contributed by atoms with Crippen molar-refractivity contribution in [2.75, 3.05) is 38.5 Å². The summed E-state index contributed by atoms with van der Waals surface area (Å²) in [6.45, 7) is 10.8. The van der Waals surface area contributed by atoms with E-state index in [0.717, 1.165) is 45.0 Å². The molecule has 1 saturated heterocycles. The Morgan fingerprint density at radius 3 is 2.71 bits per heavy atom. The molecule has 124 valence electrons. The summed E-state index contributed by atoms with van der Waals surface area (Å²) < 4.78 is 0. The van der Waals surface area contributed by atoms with Crippen LogP contribution in [0.15, 0.2) is 4.99 Å². The van der Waals surface area contributed by atoms with Crippen LogP contribution in [-0.2, 0) is 0 Å². The van der Waals surface area contributed by atoms with Crippen molar-refractivity contribution < 1.29 is 5.11 Å². The summed E-state index contributed by atoms with van der Waals surface area (Å²) in [5.41, 5.74) is 0.0999. The number of rotatable bonds is 5. The second-order valence-electron chi connectivity index (χ2n) is 6.43. The molecular formula is C15H30IN3OS. The maximum absolute atomic E-state index is 9.42. The van der Waals surface area contributed by atoms with E-state index in [2.05, 4.69) is 42.7 Å². The van der Waals surface area contributed by atoms with E-state index in [4.69, 9.17) is 4.99 Å². The molecule has 0 aromatic rings. The van der Waals surface area contributed by atoms with Crippen LogP contribution in [0.25, 0.3) is 0 Å². The van der Waals surface area contributed by atoms with Gasteiger partial charge in [0.15, 0.2) is 5.96 Å². The van der Waals surface area contributed by atoms with Gasteiger partial charge in [0, 0.05) is 36.1 Å². The van der Waals surface area contributed by atoms with Crippen molar-refractivity contribution >= 4 is 41.7 Å². The Hall–Kier alpha value is 0.310. The number of halogens is 1. The molecule has 0 spiro atoms. The monoisotopic (exact) mass is 427 g/mol. The number of aliphatic hydroxyl groups excluding tert-OH is 1. The van der Waals surface area contributed by atoms with Gasteiger partial charge in [0.1, 0.15) is 0 Å². The van der Waals surface area contributed by atoms with Gasteiger partial charge >= 0.3 is 0 Å². The van der Waals surface area contributed by atoms with E-state index in [0.29, 0.717) is 11.2 Å². The van der Waals surface area contributed by atoms with Crippen molar-refractivity contribution in [1.82, 2.24) is 10.2 Å². The van der Waals surface area contributed by atoms with E-state index < -0.39 is 0 Å². The molecule has 4 nitrogen and oxygen atoms in total. The molecule has 1 heterocycles. The van der Waals surface area contributed by atoms with Crippen molar-refractivity contribution in [3.8, 4) is 0 Å². The Morgan fingerprint density at radius 2 is 2.19 bits per heavy atom. The minimum Gasteiger partial charge on any atom is -0.396 e. The predicted octanol–water partition coefficient (Wildman–Crippen LogP) is 2.42. The number of nitrogens with one attached hydrogen (secondary N) is 1. The van der Waals surface area contributed by atoms with Crippen molar-refractivity contribution in [3.63, 3.8) is 0 Å². The number of hydrogen-bond acceptors (Lipinski definition) is 3. The molecule has 1 aliphatic carbocycles. The summed E-state index contributed by atoms with van der Waals surface area (Å²) in [5.74, 6) is 2.93. The average Bonchev–Trinajstić information content (AvgIpc) is 3.24. The van der Waals surface area contributed by atoms with Gasteiger partial charge in [0.05, 0.1) is 13.2 Å². The average molecular weight is 427 g/mol. The molecule has 0 radical (unpaired) electrons. The molecule has 0 aromatic heterocycles. The maximum atomic E-state index is 9.42. The van der Waals surface area contributed by atoms with E-state index in [9.17, 15) is 5.11 Å². The summed E-state index contributed by atoms with van der Waals surface area (Å²) in [4.78, 5) is 7.20. The zero-order valence-electron chi connectivity index (χ0n) is 13.5. The number of hydrogen-bond donors (Lipinski definition) is 2. The van der Waals surface area contributed by atoms with Gasteiger partial charge in [-0.15, -0.1) is 24.0 Å². The maximum Gasteiger partial charge on any atom is 0.193 e. The lowest BCUT2D eigenvalue weighted by Gasteiger charge is -2.36. The fraction of sp³-hybridized carbons (Fsp3) is 0.933. The van der Waals surface area contributed by atoms with Gasteiger partial charge in [0.2, 0.25) is 0 Å². The molecule has 0 aromatic carbocycles. The van der Waals surface area contributed by atoms with Crippen LogP contribution in [0.1, 0.15) is 33.6 Å². The van der Waals surface area contributed by atoms with Crippen LogP contribution >= 0.6 is 35.7 Å². The third-order valence-corrected chi connectivity index (χ3v) is 5.87. The topological polar surface area (TPSA) is 47.9 Å². The van der Waals surface area contributed by atoms with E-state index in [1.807, 2.05) is 0 Å². The molecule has 1 atom stereocenters. The highest BCUT2D eigenvalue weighted by Gasteiger charge is 2.42. The first kappa shape index (κ1) is 19.4. The molecule has 2 aliphatic rings. The third kappa shape index (κ3) is 5.46. The van der Waals surface area contributed by atoms with E-state index in [-0.39, 0.29) is 36.0 Å². The molecule has 2 rings (SSSR count). The van der Waals surface area contributed by atoms with E-state index >= 15 is 0 Å². The summed E-state index contributed by atoms with van der Waals surface area (Å²) in [6.07, 6.45) is 2.24. The summed E-state index contributed by atoms with van der Waals surface area (Å²) in [7, 11) is 0. The first-order valence-corrected chi connectivity index (χ1v) is 8.91. The van der Waals surface area contributed by atoms with Crippen LogP contribution in [0.2, 0.25) is 0 Å². The van der Waals surface area contributed by atoms with Crippen LogP contribution in [-0.4, -0.2) is 59.8 Å². The molecule has 1 unspecified atom stereocenters. The number of aliphatic hydroxyl groups is 1. The molecule has 2 fully saturated rings. The molecule has 1 saturated carbocycles. The summed E-state index contributed by atoms with van der Waals surface area (Å²) >= 11 is 2.09. The Bertz CT molecular complexity index is 348. The molecular weight excluding hydrogens is 397 g/mol. The van der Waals surface area contributed by atoms with E-state index in [1.54, 1.807) is 0 Å². The van der Waals surface area contributed by atoms with Crippen LogP contribution in [0.4, 0.5) is 0 Å². The van der Waals surface area contributed by atoms with Gasteiger partial charge in [-0.1, -0.05) is 13.8 Å². The molecule has 21 heavy (non-hydrogen) atoms. The SMILES string of the molecule is CCNC(=NCC1(CO)CC1)N1CCSC(C(C)C)C1.I. The molecule has 1 aliphatic heterocycles. The van der Waals surface area contributed by atoms with Gasteiger partial charge in [-0.05, 0) is 25.7 Å². The van der Waals surface area contributed by atoms with Crippen LogP contribution in [0, 0.1) is 11.3 Å². The first-order valence-electron chi connectivity index (χ1n) is 7.86. The number of nitrogens with zero attached hydrogens (tertiary/aromatic N) is 2. The normalized spacial score (nSPS) is 24.7. The fourth-order valence-corrected chi connectivity index (χ4v) is 3.78. The Kier molecular flexibility index (Phi) is 8.13. The number of aliphatic imine (C=N–C) groups is 1. The summed E-state index contributed by atoms with van der Waals surface area (Å²) in [5, 5.41) is 13.5. The van der Waals surface area contributed by atoms with Crippen LogP contribution in [0.5, 0.6) is 0 Å². The smallest absolute Gasteiger partial charge is 0.193 e. The Labute approximate surface area is 150 Å². The largest absolute Gasteiger partial charge is 0.396 e. The molecule has 6 heteroatoms. The van der Waals surface area contributed by atoms with Crippen LogP contribution < -0.4 is 5.32 Å². The van der Waals surface area contributed by atoms with Gasteiger partial charge in [0.25, 0.3) is 0 Å². The van der Waals surface area contributed by atoms with Gasteiger partial charge < -0.3 is 15.3 Å². The van der Waals surface area contributed by atoms with Gasteiger partial charge in [-0.2, -0.15) is 11.8 Å². The Balaban J connectivity index is 0.00000220. The second-order valence-corrected chi connectivity index (χ2v) is 7.77. The second kappa shape index (κ2) is 8.82. The first-order chi connectivity index (χ1) is 9.60. The van der Waals surface area contributed by atoms with E-state index in [1.165, 1.54) is 5.75 Å². The highest BCUT2D eigenvalue weighted by molar-refractivity contribution is 14.0. The minimum absolute atomic E-state index is 0. The van der Waals surface area contributed by atoms with Crippen molar-refractivity contribution in [2.24, 2.45) is 16.3 Å². The standard InChI is InChI=1S/C15H29N3OS.HI/c1-4-16-14(17-10-15(11-19)5-6-15)18-7-8-20-13(9-18)12(2)3;/h12-13,19H,4-11H2,1-3H3,(H,16,17);1H. The van der Waals surface area contributed by atoms with Crippen molar-refractivity contribution in [1.29, 1.82) is 0 Å². The lowest BCUT2D eigenvalue weighted by Crippen LogP contribution is -2.49. The number of thioether (sulfide) groups is 1. The Morgan fingerprint density at radius 1 is 1.48 bits per heavy atom. The quantitative estimate of drug-likeness (QED) is 0.402. The lowest BCUT2D eigenvalue weighted by molar-refractivity contribution is 0.216. The van der Waals surface area contributed by atoms with Gasteiger partial charge in [-0.25, -0.2) is 0 Å². The van der Waals surface area contributed by atoms with Gasteiger partial charge in [-0.3, -0.25) is 4.99 Å². The highest BCUT2D eigenvalue weighted by atomic mass is 127.